The number of rotatable bonds is 8. The van der Waals surface area contributed by atoms with Crippen LogP contribution in [0.2, 0.25) is 0 Å². The molecule has 100 valence electrons. The Morgan fingerprint density at radius 1 is 1.35 bits per heavy atom. The van der Waals surface area contributed by atoms with Crippen molar-refractivity contribution in [1.29, 1.82) is 0 Å². The van der Waals surface area contributed by atoms with Crippen LogP contribution in [0.25, 0.3) is 0 Å². The van der Waals surface area contributed by atoms with Gasteiger partial charge in [0.1, 0.15) is 6.04 Å². The average Bonchev–Trinajstić information content (AvgIpc) is 2.26. The van der Waals surface area contributed by atoms with E-state index in [2.05, 4.69) is 10.6 Å². The second-order valence-electron chi connectivity index (χ2n) is 4.09. The maximum atomic E-state index is 11.5. The smallest absolute Gasteiger partial charge is 0.242 e. The third-order valence-electron chi connectivity index (χ3n) is 2.20. The van der Waals surface area contributed by atoms with Gasteiger partial charge in [0.15, 0.2) is 0 Å². The summed E-state index contributed by atoms with van der Waals surface area (Å²) in [6.07, 6.45) is 0.956. The predicted molar refractivity (Wildman–Crippen MR) is 65.4 cm³/mol. The van der Waals surface area contributed by atoms with Crippen molar-refractivity contribution < 1.29 is 14.3 Å². The number of hydrogen-bond acceptors (Lipinski definition) is 4. The van der Waals surface area contributed by atoms with Gasteiger partial charge >= 0.3 is 0 Å². The van der Waals surface area contributed by atoms with Crippen molar-refractivity contribution in [2.75, 3.05) is 20.3 Å². The zero-order valence-electron chi connectivity index (χ0n) is 10.8. The van der Waals surface area contributed by atoms with E-state index in [0.717, 1.165) is 0 Å². The molecule has 0 saturated carbocycles. The first kappa shape index (κ1) is 15.9. The molecule has 4 N–H and O–H groups in total. The molecule has 6 heteroatoms. The van der Waals surface area contributed by atoms with Gasteiger partial charge in [0, 0.05) is 26.1 Å². The van der Waals surface area contributed by atoms with Gasteiger partial charge in [-0.15, -0.1) is 0 Å². The number of nitrogens with one attached hydrogen (secondary N) is 2. The monoisotopic (exact) mass is 245 g/mol. The summed E-state index contributed by atoms with van der Waals surface area (Å²) < 4.78 is 4.80. The first-order chi connectivity index (χ1) is 7.97. The Morgan fingerprint density at radius 3 is 2.53 bits per heavy atom. The molecule has 2 unspecified atom stereocenters. The first-order valence-electron chi connectivity index (χ1n) is 5.79. The topological polar surface area (TPSA) is 93.5 Å². The Morgan fingerprint density at radius 2 is 2.00 bits per heavy atom. The Balaban J connectivity index is 3.78. The summed E-state index contributed by atoms with van der Waals surface area (Å²) in [5.74, 6) is -0.368. The van der Waals surface area contributed by atoms with Crippen molar-refractivity contribution in [1.82, 2.24) is 10.6 Å². The Hall–Kier alpha value is -1.14. The third-order valence-corrected chi connectivity index (χ3v) is 2.20. The number of amides is 2. The number of methoxy groups -OCH3 is 1. The first-order valence-corrected chi connectivity index (χ1v) is 5.79. The molecular formula is C11H23N3O3. The van der Waals surface area contributed by atoms with Gasteiger partial charge in [0.25, 0.3) is 0 Å². The van der Waals surface area contributed by atoms with Crippen LogP contribution < -0.4 is 16.4 Å². The van der Waals surface area contributed by atoms with E-state index in [0.29, 0.717) is 26.0 Å². The van der Waals surface area contributed by atoms with Crippen molar-refractivity contribution in [2.24, 2.45) is 5.73 Å². The Labute approximate surface area is 102 Å². The largest absolute Gasteiger partial charge is 0.383 e. The van der Waals surface area contributed by atoms with Gasteiger partial charge in [-0.25, -0.2) is 0 Å². The molecular weight excluding hydrogens is 222 g/mol. The molecule has 0 aromatic heterocycles. The van der Waals surface area contributed by atoms with Crippen LogP contribution in [0.4, 0.5) is 0 Å². The second-order valence-corrected chi connectivity index (χ2v) is 4.09. The van der Waals surface area contributed by atoms with Crippen LogP contribution in [0.1, 0.15) is 26.7 Å². The van der Waals surface area contributed by atoms with Crippen LogP contribution in [0.3, 0.4) is 0 Å². The maximum Gasteiger partial charge on any atom is 0.242 e. The lowest BCUT2D eigenvalue weighted by Gasteiger charge is -2.14. The summed E-state index contributed by atoms with van der Waals surface area (Å²) in [5, 5.41) is 5.26. The zero-order valence-corrected chi connectivity index (χ0v) is 10.8. The molecule has 0 aromatic rings. The fourth-order valence-corrected chi connectivity index (χ4v) is 1.17. The zero-order chi connectivity index (χ0) is 13.3. The molecule has 0 rings (SSSR count). The molecule has 2 atom stereocenters. The predicted octanol–water partition coefficient (Wildman–Crippen LogP) is -0.619. The van der Waals surface area contributed by atoms with E-state index in [9.17, 15) is 9.59 Å². The highest BCUT2D eigenvalue weighted by Crippen LogP contribution is 1.94. The summed E-state index contributed by atoms with van der Waals surface area (Å²) in [4.78, 5) is 22.9. The lowest BCUT2D eigenvalue weighted by molar-refractivity contribution is -0.128. The molecule has 0 aliphatic heterocycles. The molecule has 0 saturated heterocycles. The fraction of sp³-hybridized carbons (Fsp3) is 0.818. The van der Waals surface area contributed by atoms with E-state index < -0.39 is 6.04 Å². The lowest BCUT2D eigenvalue weighted by atomic mass is 10.2. The summed E-state index contributed by atoms with van der Waals surface area (Å²) in [6.45, 7) is 4.38. The van der Waals surface area contributed by atoms with E-state index >= 15 is 0 Å². The summed E-state index contributed by atoms with van der Waals surface area (Å²) in [6, 6.07) is -0.543. The average molecular weight is 245 g/mol. The number of nitrogens with two attached hydrogens (primary N) is 1. The van der Waals surface area contributed by atoms with Crippen molar-refractivity contribution in [3.63, 3.8) is 0 Å². The van der Waals surface area contributed by atoms with Gasteiger partial charge in [-0.3, -0.25) is 9.59 Å². The molecule has 0 heterocycles. The fourth-order valence-electron chi connectivity index (χ4n) is 1.17. The number of carbonyl (C=O) groups is 2. The molecule has 0 aliphatic carbocycles. The minimum atomic E-state index is -0.535. The van der Waals surface area contributed by atoms with Crippen molar-refractivity contribution >= 4 is 11.8 Å². The number of hydrogen-bond donors (Lipinski definition) is 3. The highest BCUT2D eigenvalue weighted by atomic mass is 16.5. The van der Waals surface area contributed by atoms with E-state index in [1.807, 2.05) is 6.92 Å². The van der Waals surface area contributed by atoms with E-state index in [-0.39, 0.29) is 17.9 Å². The minimum absolute atomic E-state index is 0.00779. The van der Waals surface area contributed by atoms with Gasteiger partial charge in [-0.1, -0.05) is 0 Å². The normalized spacial score (nSPS) is 13.9. The number of ether oxygens (including phenoxy) is 1. The van der Waals surface area contributed by atoms with Gasteiger partial charge in [0.05, 0.1) is 6.61 Å². The molecule has 6 nitrogen and oxygen atoms in total. The van der Waals surface area contributed by atoms with E-state index in [1.165, 1.54) is 0 Å². The molecule has 0 bridgehead atoms. The molecule has 0 aliphatic rings. The van der Waals surface area contributed by atoms with Crippen LogP contribution >= 0.6 is 0 Å². The summed E-state index contributed by atoms with van der Waals surface area (Å²) >= 11 is 0. The van der Waals surface area contributed by atoms with Crippen LogP contribution in [-0.4, -0.2) is 44.2 Å². The molecule has 0 fully saturated rings. The molecule has 2 amide bonds. The molecule has 0 spiro atoms. The summed E-state index contributed by atoms with van der Waals surface area (Å²) in [5.41, 5.74) is 5.54. The Bertz CT molecular complexity index is 244. The van der Waals surface area contributed by atoms with E-state index in [4.69, 9.17) is 10.5 Å². The second kappa shape index (κ2) is 8.95. The van der Waals surface area contributed by atoms with Crippen LogP contribution in [0.5, 0.6) is 0 Å². The van der Waals surface area contributed by atoms with Gasteiger partial charge < -0.3 is 21.1 Å². The number of carbonyl (C=O) groups excluding carboxylic acids is 2. The third kappa shape index (κ3) is 8.65. The van der Waals surface area contributed by atoms with Crippen molar-refractivity contribution in [3.8, 4) is 0 Å². The van der Waals surface area contributed by atoms with Crippen molar-refractivity contribution in [3.05, 3.63) is 0 Å². The lowest BCUT2D eigenvalue weighted by Crippen LogP contribution is -2.45. The van der Waals surface area contributed by atoms with Crippen LogP contribution in [0, 0.1) is 0 Å². The highest BCUT2D eigenvalue weighted by Gasteiger charge is 2.14. The SMILES string of the molecule is COCCNC(=O)C(C)NC(=O)CCC(C)N. The standard InChI is InChI=1S/C11H23N3O3/c1-8(12)4-5-10(15)14-9(2)11(16)13-6-7-17-3/h8-9H,4-7,12H2,1-3H3,(H,13,16)(H,14,15). The van der Waals surface area contributed by atoms with Crippen LogP contribution in [0.15, 0.2) is 0 Å². The van der Waals surface area contributed by atoms with Gasteiger partial charge in [0.2, 0.25) is 11.8 Å². The molecule has 17 heavy (non-hydrogen) atoms. The van der Waals surface area contributed by atoms with E-state index in [1.54, 1.807) is 14.0 Å². The minimum Gasteiger partial charge on any atom is -0.383 e. The summed E-state index contributed by atoms with van der Waals surface area (Å²) in [7, 11) is 1.56. The maximum absolute atomic E-state index is 11.5. The van der Waals surface area contributed by atoms with Gasteiger partial charge in [-0.05, 0) is 20.3 Å². The quantitative estimate of drug-likeness (QED) is 0.497. The van der Waals surface area contributed by atoms with Crippen LogP contribution in [-0.2, 0) is 14.3 Å². The molecule has 0 aromatic carbocycles. The molecule has 0 radical (unpaired) electrons. The van der Waals surface area contributed by atoms with Crippen molar-refractivity contribution in [2.45, 2.75) is 38.8 Å². The van der Waals surface area contributed by atoms with Gasteiger partial charge in [-0.2, -0.15) is 0 Å². The Kier molecular flexibility index (Phi) is 8.35. The highest BCUT2D eigenvalue weighted by molar-refractivity contribution is 5.87.